The summed E-state index contributed by atoms with van der Waals surface area (Å²) in [6.07, 6.45) is 9.50. The van der Waals surface area contributed by atoms with Gasteiger partial charge in [-0.25, -0.2) is 0 Å². The summed E-state index contributed by atoms with van der Waals surface area (Å²) in [6, 6.07) is 0.128. The highest BCUT2D eigenvalue weighted by Crippen LogP contribution is 2.13. The maximum atomic E-state index is 12.3. The van der Waals surface area contributed by atoms with Gasteiger partial charge in [0.2, 0.25) is 0 Å². The molecule has 1 aliphatic heterocycles. The fourth-order valence-corrected chi connectivity index (χ4v) is 2.87. The van der Waals surface area contributed by atoms with Gasteiger partial charge in [-0.15, -0.1) is 0 Å². The van der Waals surface area contributed by atoms with Gasteiger partial charge in [-0.05, 0) is 40.0 Å². The van der Waals surface area contributed by atoms with Crippen LogP contribution in [0.4, 0.5) is 0 Å². The Bertz CT molecular complexity index is 255. The molecule has 0 amide bonds. The van der Waals surface area contributed by atoms with E-state index in [-0.39, 0.29) is 6.04 Å². The first kappa shape index (κ1) is 16.6. The maximum Gasteiger partial charge on any atom is 0.151 e. The van der Waals surface area contributed by atoms with Gasteiger partial charge < -0.3 is 4.90 Å². The summed E-state index contributed by atoms with van der Waals surface area (Å²) >= 11 is 0. The lowest BCUT2D eigenvalue weighted by molar-refractivity contribution is -0.124. The van der Waals surface area contributed by atoms with Gasteiger partial charge in [0, 0.05) is 13.0 Å². The van der Waals surface area contributed by atoms with E-state index < -0.39 is 0 Å². The van der Waals surface area contributed by atoms with E-state index in [0.29, 0.717) is 5.78 Å². The SMILES string of the molecule is CCCCCCCCC(=O)C1CN(C)CCCN1C. The molecule has 1 heterocycles. The van der Waals surface area contributed by atoms with Gasteiger partial charge in [-0.2, -0.15) is 0 Å². The summed E-state index contributed by atoms with van der Waals surface area (Å²) in [5.74, 6) is 0.451. The molecule has 1 atom stereocenters. The molecule has 0 spiro atoms. The van der Waals surface area contributed by atoms with Crippen LogP contribution in [0.1, 0.15) is 58.3 Å². The topological polar surface area (TPSA) is 23.6 Å². The van der Waals surface area contributed by atoms with Crippen LogP contribution >= 0.6 is 0 Å². The number of rotatable bonds is 8. The molecule has 1 saturated heterocycles. The largest absolute Gasteiger partial charge is 0.304 e. The molecule has 112 valence electrons. The number of hydrogen-bond acceptors (Lipinski definition) is 3. The van der Waals surface area contributed by atoms with Crippen molar-refractivity contribution in [3.05, 3.63) is 0 Å². The van der Waals surface area contributed by atoms with Gasteiger partial charge in [-0.1, -0.05) is 39.0 Å². The number of carbonyl (C=O) groups is 1. The van der Waals surface area contributed by atoms with Gasteiger partial charge in [0.05, 0.1) is 6.04 Å². The fraction of sp³-hybridized carbons (Fsp3) is 0.938. The third-order valence-corrected chi connectivity index (χ3v) is 4.22. The molecular weight excluding hydrogens is 236 g/mol. The van der Waals surface area contributed by atoms with Gasteiger partial charge in [0.1, 0.15) is 0 Å². The number of ketones is 1. The Hall–Kier alpha value is -0.410. The second-order valence-corrected chi connectivity index (χ2v) is 6.10. The van der Waals surface area contributed by atoms with Crippen molar-refractivity contribution in [2.75, 3.05) is 33.7 Å². The minimum atomic E-state index is 0.128. The number of carbonyl (C=O) groups excluding carboxylic acids is 1. The maximum absolute atomic E-state index is 12.3. The third kappa shape index (κ3) is 6.53. The van der Waals surface area contributed by atoms with E-state index in [2.05, 4.69) is 30.8 Å². The molecule has 0 aliphatic carbocycles. The molecular formula is C16H32N2O. The highest BCUT2D eigenvalue weighted by atomic mass is 16.1. The predicted octanol–water partition coefficient (Wildman–Crippen LogP) is 2.94. The van der Waals surface area contributed by atoms with Crippen molar-refractivity contribution >= 4 is 5.78 Å². The molecule has 19 heavy (non-hydrogen) atoms. The lowest BCUT2D eigenvalue weighted by Gasteiger charge is -2.26. The second kappa shape index (κ2) is 9.49. The summed E-state index contributed by atoms with van der Waals surface area (Å²) in [6.45, 7) is 5.31. The Morgan fingerprint density at radius 3 is 2.47 bits per heavy atom. The van der Waals surface area contributed by atoms with E-state index in [1.165, 1.54) is 38.5 Å². The number of Topliss-reactive ketones (excluding diaryl/α,β-unsaturated/α-hetero) is 1. The molecule has 3 nitrogen and oxygen atoms in total. The van der Waals surface area contributed by atoms with Crippen molar-refractivity contribution in [2.24, 2.45) is 0 Å². The highest BCUT2D eigenvalue weighted by Gasteiger charge is 2.25. The van der Waals surface area contributed by atoms with E-state index in [0.717, 1.165) is 32.5 Å². The number of nitrogens with zero attached hydrogens (tertiary/aromatic N) is 2. The molecule has 1 rings (SSSR count). The lowest BCUT2D eigenvalue weighted by Crippen LogP contribution is -2.43. The molecule has 0 N–H and O–H groups in total. The third-order valence-electron chi connectivity index (χ3n) is 4.22. The summed E-state index contributed by atoms with van der Waals surface area (Å²) in [7, 11) is 4.23. The standard InChI is InChI=1S/C16H32N2O/c1-4-5-6-7-8-9-11-16(19)15-14-17(2)12-10-13-18(15)3/h15H,4-14H2,1-3H3. The molecule has 0 aromatic carbocycles. The normalized spacial score (nSPS) is 22.4. The zero-order chi connectivity index (χ0) is 14.1. The average molecular weight is 268 g/mol. The fourth-order valence-electron chi connectivity index (χ4n) is 2.87. The van der Waals surface area contributed by atoms with Crippen LogP contribution in [0.5, 0.6) is 0 Å². The van der Waals surface area contributed by atoms with Crippen molar-refractivity contribution in [3.63, 3.8) is 0 Å². The van der Waals surface area contributed by atoms with Gasteiger partial charge >= 0.3 is 0 Å². The lowest BCUT2D eigenvalue weighted by atomic mass is 10.0. The summed E-state index contributed by atoms with van der Waals surface area (Å²) in [5, 5.41) is 0. The predicted molar refractivity (Wildman–Crippen MR) is 81.5 cm³/mol. The van der Waals surface area contributed by atoms with Gasteiger partial charge in [0.15, 0.2) is 5.78 Å². The number of hydrogen-bond donors (Lipinski definition) is 0. The van der Waals surface area contributed by atoms with E-state index in [1.54, 1.807) is 0 Å². The first-order valence-corrected chi connectivity index (χ1v) is 8.06. The van der Waals surface area contributed by atoms with Crippen LogP contribution in [0.2, 0.25) is 0 Å². The van der Waals surface area contributed by atoms with Crippen molar-refractivity contribution in [3.8, 4) is 0 Å². The van der Waals surface area contributed by atoms with E-state index in [1.807, 2.05) is 0 Å². The Kier molecular flexibility index (Phi) is 8.31. The van der Waals surface area contributed by atoms with Crippen LogP contribution in [0, 0.1) is 0 Å². The quantitative estimate of drug-likeness (QED) is 0.632. The monoisotopic (exact) mass is 268 g/mol. The molecule has 0 radical (unpaired) electrons. The molecule has 0 bridgehead atoms. The van der Waals surface area contributed by atoms with Crippen molar-refractivity contribution < 1.29 is 4.79 Å². The van der Waals surface area contributed by atoms with E-state index in [9.17, 15) is 4.79 Å². The van der Waals surface area contributed by atoms with Crippen molar-refractivity contribution in [1.29, 1.82) is 0 Å². The Morgan fingerprint density at radius 1 is 1.05 bits per heavy atom. The van der Waals surface area contributed by atoms with Crippen LogP contribution < -0.4 is 0 Å². The minimum absolute atomic E-state index is 0.128. The molecule has 1 fully saturated rings. The van der Waals surface area contributed by atoms with Crippen LogP contribution in [0.3, 0.4) is 0 Å². The van der Waals surface area contributed by atoms with Crippen LogP contribution in [0.25, 0.3) is 0 Å². The van der Waals surface area contributed by atoms with Crippen molar-refractivity contribution in [2.45, 2.75) is 64.3 Å². The van der Waals surface area contributed by atoms with Crippen LogP contribution in [-0.4, -0.2) is 55.4 Å². The summed E-state index contributed by atoms with van der Waals surface area (Å²) < 4.78 is 0. The van der Waals surface area contributed by atoms with E-state index >= 15 is 0 Å². The smallest absolute Gasteiger partial charge is 0.151 e. The zero-order valence-corrected chi connectivity index (χ0v) is 13.2. The molecule has 0 aromatic rings. The Labute approximate surface area is 119 Å². The highest BCUT2D eigenvalue weighted by molar-refractivity contribution is 5.84. The van der Waals surface area contributed by atoms with Crippen LogP contribution in [0.15, 0.2) is 0 Å². The molecule has 3 heteroatoms. The Balaban J connectivity index is 2.23. The van der Waals surface area contributed by atoms with Gasteiger partial charge in [0.25, 0.3) is 0 Å². The second-order valence-electron chi connectivity index (χ2n) is 6.10. The molecule has 0 saturated carbocycles. The first-order valence-electron chi connectivity index (χ1n) is 8.06. The van der Waals surface area contributed by atoms with E-state index in [4.69, 9.17) is 0 Å². The molecule has 1 aliphatic rings. The van der Waals surface area contributed by atoms with Gasteiger partial charge in [-0.3, -0.25) is 9.69 Å². The minimum Gasteiger partial charge on any atom is -0.304 e. The summed E-state index contributed by atoms with van der Waals surface area (Å²) in [5.41, 5.74) is 0. The van der Waals surface area contributed by atoms with Crippen molar-refractivity contribution in [1.82, 2.24) is 9.80 Å². The first-order chi connectivity index (χ1) is 9.15. The number of likely N-dealkylation sites (N-methyl/N-ethyl adjacent to an activating group) is 2. The number of unbranched alkanes of at least 4 members (excludes halogenated alkanes) is 5. The Morgan fingerprint density at radius 2 is 1.74 bits per heavy atom. The zero-order valence-electron chi connectivity index (χ0n) is 13.2. The van der Waals surface area contributed by atoms with Crippen LogP contribution in [-0.2, 0) is 4.79 Å². The molecule has 0 aromatic heterocycles. The summed E-state index contributed by atoms with van der Waals surface area (Å²) in [4.78, 5) is 16.9. The molecule has 1 unspecified atom stereocenters. The average Bonchev–Trinajstić information content (AvgIpc) is 2.55.